The fourth-order valence-electron chi connectivity index (χ4n) is 9.75. The highest BCUT2D eigenvalue weighted by Crippen LogP contribution is 2.44. The molecule has 0 aliphatic heterocycles. The molecule has 3 heterocycles. The summed E-state index contributed by atoms with van der Waals surface area (Å²) < 4.78 is 4.88. The van der Waals surface area contributed by atoms with Gasteiger partial charge < -0.3 is 9.13 Å². The van der Waals surface area contributed by atoms with E-state index >= 15 is 0 Å². The molecule has 0 radical (unpaired) electrons. The molecule has 0 aliphatic rings. The van der Waals surface area contributed by atoms with Crippen LogP contribution in [0.25, 0.3) is 121 Å². The van der Waals surface area contributed by atoms with Gasteiger partial charge in [0.2, 0.25) is 0 Å². The molecular formula is C57H35N5. The highest BCUT2D eigenvalue weighted by Gasteiger charge is 2.22. The van der Waals surface area contributed by atoms with Crippen LogP contribution >= 0.6 is 0 Å². The highest BCUT2D eigenvalue weighted by atomic mass is 15.0. The molecule has 13 rings (SSSR count). The van der Waals surface area contributed by atoms with Gasteiger partial charge in [0.1, 0.15) is 0 Å². The van der Waals surface area contributed by atoms with Crippen LogP contribution in [0.3, 0.4) is 0 Å². The molecule has 0 atom stereocenters. The molecule has 3 aromatic heterocycles. The van der Waals surface area contributed by atoms with Crippen molar-refractivity contribution in [1.82, 2.24) is 24.1 Å². The maximum atomic E-state index is 5.28. The van der Waals surface area contributed by atoms with E-state index in [1.807, 2.05) is 36.4 Å². The smallest absolute Gasteiger partial charge is 0.164 e. The lowest BCUT2D eigenvalue weighted by Gasteiger charge is -2.17. The van der Waals surface area contributed by atoms with Crippen molar-refractivity contribution in [2.75, 3.05) is 0 Å². The first-order valence-electron chi connectivity index (χ1n) is 21.0. The van der Waals surface area contributed by atoms with Gasteiger partial charge in [-0.15, -0.1) is 0 Å². The number of nitrogens with zero attached hydrogens (tertiary/aromatic N) is 5. The Morgan fingerprint density at radius 1 is 0.274 bits per heavy atom. The van der Waals surface area contributed by atoms with Crippen molar-refractivity contribution in [3.8, 4) is 45.5 Å². The minimum Gasteiger partial charge on any atom is -0.309 e. The minimum absolute atomic E-state index is 0.600. The van der Waals surface area contributed by atoms with Crippen molar-refractivity contribution in [3.05, 3.63) is 212 Å². The second-order valence-electron chi connectivity index (χ2n) is 16.0. The monoisotopic (exact) mass is 789 g/mol. The van der Waals surface area contributed by atoms with Gasteiger partial charge in [-0.05, 0) is 69.4 Å². The van der Waals surface area contributed by atoms with Crippen molar-refractivity contribution in [2.45, 2.75) is 0 Å². The van der Waals surface area contributed by atoms with Crippen LogP contribution in [0.5, 0.6) is 0 Å². The van der Waals surface area contributed by atoms with Crippen molar-refractivity contribution >= 4 is 75.9 Å². The van der Waals surface area contributed by atoms with Gasteiger partial charge in [-0.2, -0.15) is 0 Å². The summed E-state index contributed by atoms with van der Waals surface area (Å²) >= 11 is 0. The predicted octanol–water partition coefficient (Wildman–Crippen LogP) is 14.5. The van der Waals surface area contributed by atoms with Crippen LogP contribution in [0.4, 0.5) is 0 Å². The van der Waals surface area contributed by atoms with Crippen LogP contribution in [-0.4, -0.2) is 24.1 Å². The molecule has 5 nitrogen and oxygen atoms in total. The molecule has 0 saturated heterocycles. The van der Waals surface area contributed by atoms with Gasteiger partial charge in [0.15, 0.2) is 17.5 Å². The summed E-state index contributed by atoms with van der Waals surface area (Å²) in [6.45, 7) is 0. The average Bonchev–Trinajstić information content (AvgIpc) is 3.87. The third kappa shape index (κ3) is 5.25. The van der Waals surface area contributed by atoms with E-state index in [1.165, 1.54) is 59.4 Å². The number of para-hydroxylation sites is 2. The fourth-order valence-corrected chi connectivity index (χ4v) is 9.75. The Bertz CT molecular complexity index is 3860. The van der Waals surface area contributed by atoms with Crippen molar-refractivity contribution in [2.24, 2.45) is 0 Å². The number of hydrogen-bond acceptors (Lipinski definition) is 3. The number of aromatic nitrogens is 5. The Balaban J connectivity index is 1.19. The topological polar surface area (TPSA) is 48.5 Å². The van der Waals surface area contributed by atoms with Crippen molar-refractivity contribution in [3.63, 3.8) is 0 Å². The minimum atomic E-state index is 0.600. The third-order valence-electron chi connectivity index (χ3n) is 12.5. The highest BCUT2D eigenvalue weighted by molar-refractivity contribution is 6.32. The maximum Gasteiger partial charge on any atom is 0.164 e. The van der Waals surface area contributed by atoms with Crippen LogP contribution in [0.2, 0.25) is 0 Å². The summed E-state index contributed by atoms with van der Waals surface area (Å²) in [5.41, 5.74) is 9.34. The number of fused-ring (bicyclic) bond motifs is 12. The largest absolute Gasteiger partial charge is 0.309 e. The number of hydrogen-bond donors (Lipinski definition) is 0. The summed E-state index contributed by atoms with van der Waals surface area (Å²) in [6, 6.07) is 75.8. The molecule has 0 saturated carbocycles. The van der Waals surface area contributed by atoms with Crippen LogP contribution in [-0.2, 0) is 0 Å². The normalized spacial score (nSPS) is 11.9. The van der Waals surface area contributed by atoms with E-state index in [0.29, 0.717) is 17.5 Å². The van der Waals surface area contributed by atoms with Crippen molar-refractivity contribution < 1.29 is 0 Å². The second-order valence-corrected chi connectivity index (χ2v) is 16.0. The molecule has 0 N–H and O–H groups in total. The van der Waals surface area contributed by atoms with E-state index in [1.54, 1.807) is 0 Å². The molecule has 10 aromatic carbocycles. The van der Waals surface area contributed by atoms with Gasteiger partial charge in [-0.3, -0.25) is 0 Å². The first-order valence-corrected chi connectivity index (χ1v) is 21.0. The van der Waals surface area contributed by atoms with E-state index in [0.717, 1.165) is 44.6 Å². The number of benzene rings is 10. The zero-order valence-electron chi connectivity index (χ0n) is 33.4. The van der Waals surface area contributed by atoms with Crippen LogP contribution in [0.15, 0.2) is 212 Å². The lowest BCUT2D eigenvalue weighted by Crippen LogP contribution is -2.03. The first kappa shape index (κ1) is 34.5. The Hall–Kier alpha value is -8.41. The molecule has 288 valence electrons. The van der Waals surface area contributed by atoms with E-state index < -0.39 is 0 Å². The summed E-state index contributed by atoms with van der Waals surface area (Å²) in [5.74, 6) is 1.85. The van der Waals surface area contributed by atoms with Crippen LogP contribution in [0, 0.1) is 0 Å². The molecule has 0 amide bonds. The summed E-state index contributed by atoms with van der Waals surface area (Å²) in [7, 11) is 0. The van der Waals surface area contributed by atoms with Gasteiger partial charge in [-0.1, -0.05) is 170 Å². The summed E-state index contributed by atoms with van der Waals surface area (Å²) in [5, 5.41) is 12.2. The zero-order valence-corrected chi connectivity index (χ0v) is 33.4. The molecule has 0 unspecified atom stereocenters. The van der Waals surface area contributed by atoms with Crippen LogP contribution in [0.1, 0.15) is 0 Å². The molecule has 0 aliphatic carbocycles. The van der Waals surface area contributed by atoms with E-state index in [-0.39, 0.29) is 0 Å². The molecule has 0 bridgehead atoms. The lowest BCUT2D eigenvalue weighted by molar-refractivity contribution is 1.07. The first-order chi connectivity index (χ1) is 30.7. The van der Waals surface area contributed by atoms with Gasteiger partial charge in [0.25, 0.3) is 0 Å². The summed E-state index contributed by atoms with van der Waals surface area (Å²) in [6.07, 6.45) is 0. The van der Waals surface area contributed by atoms with Crippen molar-refractivity contribution in [1.29, 1.82) is 0 Å². The van der Waals surface area contributed by atoms with Gasteiger partial charge >= 0.3 is 0 Å². The predicted molar refractivity (Wildman–Crippen MR) is 257 cm³/mol. The maximum absolute atomic E-state index is 5.28. The zero-order chi connectivity index (χ0) is 40.7. The van der Waals surface area contributed by atoms with E-state index in [9.17, 15) is 0 Å². The Morgan fingerprint density at radius 2 is 0.726 bits per heavy atom. The Kier molecular flexibility index (Phi) is 7.54. The molecule has 0 fully saturated rings. The van der Waals surface area contributed by atoms with Gasteiger partial charge in [-0.25, -0.2) is 15.0 Å². The third-order valence-corrected chi connectivity index (χ3v) is 12.5. The molecule has 5 heteroatoms. The molecule has 62 heavy (non-hydrogen) atoms. The Morgan fingerprint density at radius 3 is 1.37 bits per heavy atom. The van der Waals surface area contributed by atoms with Crippen LogP contribution < -0.4 is 0 Å². The SMILES string of the molecule is c1ccc(-c2nc(-c3ccccc3)nc(-c3cc(-n4c5ccccc5c5cc6ccccc6cc54)cc(-n4c5ccccc5c5c6ccccc6c6ccccc6c54)c3)n2)cc1. The van der Waals surface area contributed by atoms with E-state index in [2.05, 4.69) is 185 Å². The fraction of sp³-hybridized carbons (Fsp3) is 0. The van der Waals surface area contributed by atoms with Gasteiger partial charge in [0, 0.05) is 55.0 Å². The lowest BCUT2D eigenvalue weighted by atomic mass is 9.97. The molecule has 13 aromatic rings. The second kappa shape index (κ2) is 13.6. The van der Waals surface area contributed by atoms with Gasteiger partial charge in [0.05, 0.1) is 22.1 Å². The summed E-state index contributed by atoms with van der Waals surface area (Å²) in [4.78, 5) is 15.6. The number of rotatable bonds is 5. The Labute approximate surface area is 356 Å². The molecular weight excluding hydrogens is 755 g/mol. The average molecular weight is 790 g/mol. The standard InChI is InChI=1S/C57H35N5/c1-3-17-36(18-4-1)55-58-56(37-19-5-2-6-20-37)60-57(59-55)40-31-41(61-50-29-15-13-25-45(50)49-33-38-21-7-8-22-39(38)34-52(49)61)35-42(32-40)62-51-30-16-14-28-48(51)53-46-26-11-9-23-43(46)44-24-10-12-27-47(44)54(53)62/h1-35H. The van der Waals surface area contributed by atoms with E-state index in [4.69, 9.17) is 15.0 Å². The quantitative estimate of drug-likeness (QED) is 0.163. The molecule has 0 spiro atoms.